The molecule has 0 aliphatic rings. The van der Waals surface area contributed by atoms with Gasteiger partial charge in [0.05, 0.1) is 0 Å². The minimum absolute atomic E-state index is 0.0548. The number of amides is 4. The predicted molar refractivity (Wildman–Crippen MR) is 103 cm³/mol. The van der Waals surface area contributed by atoms with E-state index in [0.29, 0.717) is 22.7 Å². The first-order valence-corrected chi connectivity index (χ1v) is 8.72. The Labute approximate surface area is 162 Å². The van der Waals surface area contributed by atoms with Gasteiger partial charge >= 0.3 is 6.03 Å². The van der Waals surface area contributed by atoms with Crippen LogP contribution in [0.25, 0.3) is 0 Å². The van der Waals surface area contributed by atoms with Crippen LogP contribution in [0.2, 0.25) is 5.02 Å². The molecule has 7 nitrogen and oxygen atoms in total. The molecule has 0 aromatic heterocycles. The fourth-order valence-corrected chi connectivity index (χ4v) is 2.25. The average Bonchev–Trinajstić information content (AvgIpc) is 2.64. The molecule has 0 aliphatic carbocycles. The molecule has 2 aromatic carbocycles. The Morgan fingerprint density at radius 3 is 1.81 bits per heavy atom. The van der Waals surface area contributed by atoms with Crippen LogP contribution >= 0.6 is 11.6 Å². The zero-order valence-corrected chi connectivity index (χ0v) is 15.8. The van der Waals surface area contributed by atoms with E-state index < -0.39 is 11.8 Å². The number of hydrazine groups is 1. The molecule has 0 aliphatic heterocycles. The van der Waals surface area contributed by atoms with Gasteiger partial charge in [-0.1, -0.05) is 23.7 Å². The summed E-state index contributed by atoms with van der Waals surface area (Å²) in [7, 11) is 0. The Kier molecular flexibility index (Phi) is 7.19. The maximum absolute atomic E-state index is 12.1. The Bertz CT molecular complexity index is 805. The molecule has 0 saturated carbocycles. The third-order valence-corrected chi connectivity index (χ3v) is 3.74. The minimum atomic E-state index is -0.450. The summed E-state index contributed by atoms with van der Waals surface area (Å²) in [5, 5.41) is 5.97. The molecule has 0 fully saturated rings. The lowest BCUT2D eigenvalue weighted by atomic mass is 10.1. The Morgan fingerprint density at radius 1 is 0.852 bits per heavy atom. The third kappa shape index (κ3) is 6.63. The Morgan fingerprint density at radius 2 is 1.33 bits per heavy atom. The number of hydrogen-bond acceptors (Lipinski definition) is 3. The fourth-order valence-electron chi connectivity index (χ4n) is 2.13. The smallest absolute Gasteiger partial charge is 0.315 e. The molecule has 0 bridgehead atoms. The van der Waals surface area contributed by atoms with Crippen molar-refractivity contribution in [3.8, 4) is 0 Å². The lowest BCUT2D eigenvalue weighted by molar-refractivity contribution is 0.0846. The summed E-state index contributed by atoms with van der Waals surface area (Å²) in [6.07, 6.45) is 0. The summed E-state index contributed by atoms with van der Waals surface area (Å²) in [6.45, 7) is 4.09. The molecule has 142 valence electrons. The van der Waals surface area contributed by atoms with E-state index in [2.05, 4.69) is 21.5 Å². The maximum Gasteiger partial charge on any atom is 0.315 e. The van der Waals surface area contributed by atoms with Crippen molar-refractivity contribution in [1.29, 1.82) is 0 Å². The largest absolute Gasteiger partial charge is 0.336 e. The fraction of sp³-hybridized carbons (Fsp3) is 0.211. The lowest BCUT2D eigenvalue weighted by Crippen LogP contribution is -2.41. The van der Waals surface area contributed by atoms with Crippen LogP contribution in [0.4, 0.5) is 4.79 Å². The second-order valence-corrected chi connectivity index (χ2v) is 6.53. The second kappa shape index (κ2) is 9.59. The van der Waals surface area contributed by atoms with Crippen LogP contribution in [0, 0.1) is 0 Å². The molecular weight excluding hydrogens is 368 g/mol. The highest BCUT2D eigenvalue weighted by Gasteiger charge is 2.09. The molecule has 4 N–H and O–H groups in total. The molecule has 4 amide bonds. The van der Waals surface area contributed by atoms with Gasteiger partial charge in [-0.25, -0.2) is 4.79 Å². The number of hydrogen-bond donors (Lipinski definition) is 4. The summed E-state index contributed by atoms with van der Waals surface area (Å²) in [6, 6.07) is 12.8. The van der Waals surface area contributed by atoms with Crippen LogP contribution in [-0.4, -0.2) is 23.9 Å². The van der Waals surface area contributed by atoms with Crippen molar-refractivity contribution in [3.63, 3.8) is 0 Å². The monoisotopic (exact) mass is 388 g/mol. The highest BCUT2D eigenvalue weighted by Crippen LogP contribution is 2.09. The predicted octanol–water partition coefficient (Wildman–Crippen LogP) is 2.62. The van der Waals surface area contributed by atoms with Gasteiger partial charge in [0.15, 0.2) is 0 Å². The summed E-state index contributed by atoms with van der Waals surface area (Å²) in [4.78, 5) is 35.6. The molecule has 0 heterocycles. The SMILES string of the molecule is CC(C)NC(=O)NCc1ccc(C(=O)NNC(=O)c2ccc(Cl)cc2)cc1. The highest BCUT2D eigenvalue weighted by atomic mass is 35.5. The molecular formula is C19H21ClN4O3. The van der Waals surface area contributed by atoms with Gasteiger partial charge in [-0.15, -0.1) is 0 Å². The van der Waals surface area contributed by atoms with E-state index in [1.54, 1.807) is 48.5 Å². The number of rotatable bonds is 5. The molecule has 0 saturated heterocycles. The van der Waals surface area contributed by atoms with Crippen molar-refractivity contribution < 1.29 is 14.4 Å². The molecule has 0 unspecified atom stereocenters. The summed E-state index contributed by atoms with van der Waals surface area (Å²) in [5.41, 5.74) is 6.29. The van der Waals surface area contributed by atoms with Gasteiger partial charge in [-0.3, -0.25) is 20.4 Å². The zero-order chi connectivity index (χ0) is 19.8. The molecule has 0 atom stereocenters. The summed E-state index contributed by atoms with van der Waals surface area (Å²) < 4.78 is 0. The third-order valence-electron chi connectivity index (χ3n) is 3.48. The highest BCUT2D eigenvalue weighted by molar-refractivity contribution is 6.30. The molecule has 8 heteroatoms. The van der Waals surface area contributed by atoms with Crippen molar-refractivity contribution >= 4 is 29.4 Å². The first-order chi connectivity index (χ1) is 12.8. The van der Waals surface area contributed by atoms with Gasteiger partial charge in [0.1, 0.15) is 0 Å². The van der Waals surface area contributed by atoms with E-state index in [1.807, 2.05) is 13.8 Å². The van der Waals surface area contributed by atoms with Crippen LogP contribution in [0.1, 0.15) is 40.1 Å². The van der Waals surface area contributed by atoms with Gasteiger partial charge in [0.25, 0.3) is 11.8 Å². The van der Waals surface area contributed by atoms with Crippen LogP contribution < -0.4 is 21.5 Å². The number of halogens is 1. The van der Waals surface area contributed by atoms with Gasteiger partial charge < -0.3 is 10.6 Å². The van der Waals surface area contributed by atoms with E-state index in [1.165, 1.54) is 0 Å². The quantitative estimate of drug-likeness (QED) is 0.592. The standard InChI is InChI=1S/C19H21ClN4O3/c1-12(2)22-19(27)21-11-13-3-5-14(6-4-13)17(25)23-24-18(26)15-7-9-16(20)10-8-15/h3-10,12H,11H2,1-2H3,(H,23,25)(H,24,26)(H2,21,22,27). The van der Waals surface area contributed by atoms with Crippen LogP contribution in [0.3, 0.4) is 0 Å². The Balaban J connectivity index is 1.83. The normalized spacial score (nSPS) is 10.2. The summed E-state index contributed by atoms with van der Waals surface area (Å²) >= 11 is 5.77. The maximum atomic E-state index is 12.1. The van der Waals surface area contributed by atoms with Crippen molar-refractivity contribution in [2.75, 3.05) is 0 Å². The molecule has 27 heavy (non-hydrogen) atoms. The zero-order valence-electron chi connectivity index (χ0n) is 15.0. The van der Waals surface area contributed by atoms with Crippen LogP contribution in [0.15, 0.2) is 48.5 Å². The van der Waals surface area contributed by atoms with Gasteiger partial charge in [-0.2, -0.15) is 0 Å². The van der Waals surface area contributed by atoms with Crippen molar-refractivity contribution in [3.05, 3.63) is 70.2 Å². The first kappa shape index (κ1) is 20.3. The average molecular weight is 389 g/mol. The second-order valence-electron chi connectivity index (χ2n) is 6.09. The number of carbonyl (C=O) groups is 3. The van der Waals surface area contributed by atoms with Crippen molar-refractivity contribution in [2.24, 2.45) is 0 Å². The van der Waals surface area contributed by atoms with Crippen LogP contribution in [0.5, 0.6) is 0 Å². The molecule has 2 aromatic rings. The van der Waals surface area contributed by atoms with Crippen LogP contribution in [-0.2, 0) is 6.54 Å². The summed E-state index contributed by atoms with van der Waals surface area (Å²) in [5.74, 6) is -0.897. The first-order valence-electron chi connectivity index (χ1n) is 8.34. The number of benzene rings is 2. The molecule has 2 rings (SSSR count). The number of urea groups is 1. The molecule has 0 radical (unpaired) electrons. The van der Waals surface area contributed by atoms with E-state index in [9.17, 15) is 14.4 Å². The van der Waals surface area contributed by atoms with E-state index in [0.717, 1.165) is 5.56 Å². The van der Waals surface area contributed by atoms with E-state index in [-0.39, 0.29) is 12.1 Å². The number of carbonyl (C=O) groups excluding carboxylic acids is 3. The van der Waals surface area contributed by atoms with E-state index >= 15 is 0 Å². The topological polar surface area (TPSA) is 99.3 Å². The Hall–Kier alpha value is -3.06. The van der Waals surface area contributed by atoms with Gasteiger partial charge in [0.2, 0.25) is 0 Å². The van der Waals surface area contributed by atoms with Gasteiger partial charge in [0, 0.05) is 28.7 Å². The minimum Gasteiger partial charge on any atom is -0.336 e. The number of nitrogens with one attached hydrogen (secondary N) is 4. The van der Waals surface area contributed by atoms with E-state index in [4.69, 9.17) is 11.6 Å². The molecule has 0 spiro atoms. The van der Waals surface area contributed by atoms with Gasteiger partial charge in [-0.05, 0) is 55.8 Å². The van der Waals surface area contributed by atoms with Crippen molar-refractivity contribution in [2.45, 2.75) is 26.4 Å². The lowest BCUT2D eigenvalue weighted by Gasteiger charge is -2.11. The van der Waals surface area contributed by atoms with Crippen molar-refractivity contribution in [1.82, 2.24) is 21.5 Å².